The van der Waals surface area contributed by atoms with Gasteiger partial charge in [0.1, 0.15) is 0 Å². The monoisotopic (exact) mass is 396 g/mol. The van der Waals surface area contributed by atoms with Crippen molar-refractivity contribution >= 4 is 37.5 Å². The van der Waals surface area contributed by atoms with Crippen LogP contribution in [0.3, 0.4) is 0 Å². The molecule has 2 N–H and O–H groups in total. The van der Waals surface area contributed by atoms with E-state index < -0.39 is 15.9 Å². The van der Waals surface area contributed by atoms with Gasteiger partial charge in [-0.15, -0.1) is 0 Å². The van der Waals surface area contributed by atoms with Crippen LogP contribution < -0.4 is 10.0 Å². The first kappa shape index (κ1) is 17.7. The predicted molar refractivity (Wildman–Crippen MR) is 93.9 cm³/mol. The van der Waals surface area contributed by atoms with Crippen molar-refractivity contribution in [2.45, 2.75) is 18.7 Å². The minimum atomic E-state index is -3.71. The second kappa shape index (κ2) is 7.25. The van der Waals surface area contributed by atoms with Gasteiger partial charge in [0.05, 0.1) is 11.4 Å². The number of benzene rings is 2. The van der Waals surface area contributed by atoms with E-state index in [9.17, 15) is 13.2 Å². The van der Waals surface area contributed by atoms with Crippen LogP contribution in [0.15, 0.2) is 51.8 Å². The molecule has 0 fully saturated rings. The van der Waals surface area contributed by atoms with E-state index in [1.807, 2.05) is 26.0 Å². The summed E-state index contributed by atoms with van der Waals surface area (Å²) in [5.41, 5.74) is 2.69. The molecule has 7 heteroatoms. The van der Waals surface area contributed by atoms with Gasteiger partial charge in [-0.25, -0.2) is 13.1 Å². The SMILES string of the molecule is Cc1ccc(NC(=O)CNS(=O)(=O)c2ccc(Br)cc2)c(C)c1. The minimum absolute atomic E-state index is 0.111. The highest BCUT2D eigenvalue weighted by Crippen LogP contribution is 2.16. The van der Waals surface area contributed by atoms with Crippen molar-refractivity contribution in [2.24, 2.45) is 0 Å². The third kappa shape index (κ3) is 4.89. The topological polar surface area (TPSA) is 75.3 Å². The van der Waals surface area contributed by atoms with E-state index in [0.717, 1.165) is 15.6 Å². The summed E-state index contributed by atoms with van der Waals surface area (Å²) in [6.07, 6.45) is 0. The third-order valence-electron chi connectivity index (χ3n) is 3.20. The maximum Gasteiger partial charge on any atom is 0.241 e. The van der Waals surface area contributed by atoms with Crippen LogP contribution in [0.2, 0.25) is 0 Å². The van der Waals surface area contributed by atoms with Gasteiger partial charge in [0.15, 0.2) is 0 Å². The van der Waals surface area contributed by atoms with Crippen molar-refractivity contribution < 1.29 is 13.2 Å². The number of amides is 1. The fourth-order valence-corrected chi connectivity index (χ4v) is 3.25. The fourth-order valence-electron chi connectivity index (χ4n) is 2.01. The Labute approximate surface area is 144 Å². The zero-order chi connectivity index (χ0) is 17.0. The number of sulfonamides is 1. The van der Waals surface area contributed by atoms with E-state index in [1.54, 1.807) is 18.2 Å². The summed E-state index contributed by atoms with van der Waals surface area (Å²) < 4.78 is 27.3. The van der Waals surface area contributed by atoms with E-state index in [1.165, 1.54) is 12.1 Å². The predicted octanol–water partition coefficient (Wildman–Crippen LogP) is 2.98. The van der Waals surface area contributed by atoms with Crippen LogP contribution >= 0.6 is 15.9 Å². The van der Waals surface area contributed by atoms with Crippen LogP contribution in [0.5, 0.6) is 0 Å². The lowest BCUT2D eigenvalue weighted by atomic mass is 10.1. The van der Waals surface area contributed by atoms with Gasteiger partial charge in [-0.3, -0.25) is 4.79 Å². The van der Waals surface area contributed by atoms with Crippen LogP contribution in [0.25, 0.3) is 0 Å². The van der Waals surface area contributed by atoms with Crippen LogP contribution in [-0.2, 0) is 14.8 Å². The molecule has 0 aliphatic rings. The Morgan fingerprint density at radius 2 is 1.74 bits per heavy atom. The number of nitrogens with one attached hydrogen (secondary N) is 2. The Bertz CT molecular complexity index is 818. The minimum Gasteiger partial charge on any atom is -0.325 e. The molecule has 0 atom stereocenters. The van der Waals surface area contributed by atoms with E-state index >= 15 is 0 Å². The highest BCUT2D eigenvalue weighted by atomic mass is 79.9. The van der Waals surface area contributed by atoms with E-state index in [2.05, 4.69) is 26.0 Å². The molecule has 5 nitrogen and oxygen atoms in total. The molecular weight excluding hydrogens is 380 g/mol. The Kier molecular flexibility index (Phi) is 5.56. The summed E-state index contributed by atoms with van der Waals surface area (Å²) >= 11 is 3.24. The molecular formula is C16H17BrN2O3S. The van der Waals surface area contributed by atoms with E-state index in [4.69, 9.17) is 0 Å². The molecule has 0 heterocycles. The zero-order valence-electron chi connectivity index (χ0n) is 12.8. The lowest BCUT2D eigenvalue weighted by molar-refractivity contribution is -0.115. The van der Waals surface area contributed by atoms with Gasteiger partial charge in [0.2, 0.25) is 15.9 Å². The molecule has 0 aromatic heterocycles. The number of halogens is 1. The Balaban J connectivity index is 1.99. The molecule has 0 bridgehead atoms. The van der Waals surface area contributed by atoms with E-state index in [-0.39, 0.29) is 11.4 Å². The summed E-state index contributed by atoms with van der Waals surface area (Å²) in [4.78, 5) is 12.0. The number of aryl methyl sites for hydroxylation is 2. The molecule has 2 aromatic rings. The van der Waals surface area contributed by atoms with Gasteiger partial charge in [0.25, 0.3) is 0 Å². The third-order valence-corrected chi connectivity index (χ3v) is 5.15. The maximum atomic E-state index is 12.1. The zero-order valence-corrected chi connectivity index (χ0v) is 15.2. The van der Waals surface area contributed by atoms with Crippen LogP contribution in [0.1, 0.15) is 11.1 Å². The van der Waals surface area contributed by atoms with Crippen molar-refractivity contribution in [1.29, 1.82) is 0 Å². The lowest BCUT2D eigenvalue weighted by Crippen LogP contribution is -2.33. The summed E-state index contributed by atoms with van der Waals surface area (Å²) in [7, 11) is -3.71. The smallest absolute Gasteiger partial charge is 0.241 e. The van der Waals surface area contributed by atoms with Gasteiger partial charge in [0, 0.05) is 10.2 Å². The molecule has 2 rings (SSSR count). The van der Waals surface area contributed by atoms with Crippen LogP contribution in [-0.4, -0.2) is 20.9 Å². The Hall–Kier alpha value is -1.70. The summed E-state index contributed by atoms with van der Waals surface area (Å²) in [5, 5.41) is 2.70. The molecule has 122 valence electrons. The Morgan fingerprint density at radius 1 is 1.09 bits per heavy atom. The Morgan fingerprint density at radius 3 is 2.35 bits per heavy atom. The average Bonchev–Trinajstić information content (AvgIpc) is 2.49. The molecule has 2 aromatic carbocycles. The van der Waals surface area contributed by atoms with Crippen LogP contribution in [0, 0.1) is 13.8 Å². The van der Waals surface area contributed by atoms with Crippen molar-refractivity contribution in [3.05, 3.63) is 58.1 Å². The number of anilines is 1. The van der Waals surface area contributed by atoms with Gasteiger partial charge < -0.3 is 5.32 Å². The van der Waals surface area contributed by atoms with Gasteiger partial charge in [-0.2, -0.15) is 0 Å². The van der Waals surface area contributed by atoms with Crippen LogP contribution in [0.4, 0.5) is 5.69 Å². The first-order valence-electron chi connectivity index (χ1n) is 6.90. The number of hydrogen-bond acceptors (Lipinski definition) is 3. The first-order valence-corrected chi connectivity index (χ1v) is 9.18. The van der Waals surface area contributed by atoms with Gasteiger partial charge in [-0.05, 0) is 49.7 Å². The molecule has 0 saturated heterocycles. The standard InChI is InChI=1S/C16H17BrN2O3S/c1-11-3-8-15(12(2)9-11)19-16(20)10-18-23(21,22)14-6-4-13(17)5-7-14/h3-9,18H,10H2,1-2H3,(H,19,20). The first-order chi connectivity index (χ1) is 10.8. The summed E-state index contributed by atoms with van der Waals surface area (Å²) in [6, 6.07) is 11.8. The van der Waals surface area contributed by atoms with Crippen molar-refractivity contribution in [1.82, 2.24) is 4.72 Å². The van der Waals surface area contributed by atoms with E-state index in [0.29, 0.717) is 5.69 Å². The summed E-state index contributed by atoms with van der Waals surface area (Å²) in [5.74, 6) is -0.419. The lowest BCUT2D eigenvalue weighted by Gasteiger charge is -2.10. The largest absolute Gasteiger partial charge is 0.325 e. The molecule has 1 amide bonds. The number of rotatable bonds is 5. The number of carbonyl (C=O) groups excluding carboxylic acids is 1. The molecule has 0 unspecified atom stereocenters. The second-order valence-corrected chi connectivity index (χ2v) is 7.83. The molecule has 23 heavy (non-hydrogen) atoms. The van der Waals surface area contributed by atoms with Crippen molar-refractivity contribution in [3.8, 4) is 0 Å². The second-order valence-electron chi connectivity index (χ2n) is 5.15. The molecule has 0 saturated carbocycles. The fraction of sp³-hybridized carbons (Fsp3) is 0.188. The number of carbonyl (C=O) groups is 1. The highest BCUT2D eigenvalue weighted by molar-refractivity contribution is 9.10. The summed E-state index contributed by atoms with van der Waals surface area (Å²) in [6.45, 7) is 3.52. The van der Waals surface area contributed by atoms with Gasteiger partial charge >= 0.3 is 0 Å². The quantitative estimate of drug-likeness (QED) is 0.815. The van der Waals surface area contributed by atoms with Gasteiger partial charge in [-0.1, -0.05) is 33.6 Å². The molecule has 0 aliphatic heterocycles. The normalized spacial score (nSPS) is 11.3. The van der Waals surface area contributed by atoms with Crippen molar-refractivity contribution in [2.75, 3.05) is 11.9 Å². The highest BCUT2D eigenvalue weighted by Gasteiger charge is 2.15. The molecule has 0 aliphatic carbocycles. The van der Waals surface area contributed by atoms with Crippen molar-refractivity contribution in [3.63, 3.8) is 0 Å². The average molecular weight is 397 g/mol. The molecule has 0 radical (unpaired) electrons. The number of hydrogen-bond donors (Lipinski definition) is 2. The maximum absolute atomic E-state index is 12.1. The molecule has 0 spiro atoms.